The van der Waals surface area contributed by atoms with Crippen LogP contribution >= 0.6 is 0 Å². The second kappa shape index (κ2) is 10.6. The smallest absolute Gasteiger partial charge is 0.0722 e. The zero-order valence-electron chi connectivity index (χ0n) is 18.9. The zero-order valence-corrected chi connectivity index (χ0v) is 18.9. The molecule has 168 valence electrons. The average molecular weight is 431 g/mol. The molecule has 0 spiro atoms. The number of benzene rings is 2. The highest BCUT2D eigenvalue weighted by Gasteiger charge is 2.39. The molecule has 1 heterocycles. The van der Waals surface area contributed by atoms with E-state index in [4.69, 9.17) is 10.1 Å². The SMILES string of the molecule is C=C(N/C(C=N)=C/NCc1ccc(C)cc1)c1cccc(C2CC2NC2CCOCC2)c1. The van der Waals surface area contributed by atoms with E-state index in [9.17, 15) is 0 Å². The Kier molecular flexibility index (Phi) is 7.40. The van der Waals surface area contributed by atoms with Crippen LogP contribution in [-0.4, -0.2) is 31.5 Å². The fourth-order valence-corrected chi connectivity index (χ4v) is 4.22. The molecule has 0 amide bonds. The Morgan fingerprint density at radius 3 is 2.69 bits per heavy atom. The Balaban J connectivity index is 1.30. The standard InChI is InChI=1S/C27H34N4O/c1-19-6-8-21(9-7-19)17-29-18-25(16-28)30-20(2)22-4-3-5-23(14-22)26-15-27(26)31-24-10-12-32-13-11-24/h3-9,14,16,18,24,26-31H,2,10-13,15,17H2,1H3/b25-18+,28-16?. The molecule has 1 saturated carbocycles. The van der Waals surface area contributed by atoms with Crippen molar-refractivity contribution in [1.82, 2.24) is 16.0 Å². The maximum absolute atomic E-state index is 7.74. The molecule has 1 aliphatic carbocycles. The lowest BCUT2D eigenvalue weighted by Crippen LogP contribution is -2.36. The van der Waals surface area contributed by atoms with Crippen LogP contribution in [0.4, 0.5) is 0 Å². The number of hydrogen-bond donors (Lipinski definition) is 4. The van der Waals surface area contributed by atoms with Gasteiger partial charge in [-0.15, -0.1) is 0 Å². The van der Waals surface area contributed by atoms with Crippen LogP contribution in [0.1, 0.15) is 47.4 Å². The molecule has 2 unspecified atom stereocenters. The number of nitrogens with one attached hydrogen (secondary N) is 4. The molecule has 0 radical (unpaired) electrons. The van der Waals surface area contributed by atoms with Crippen molar-refractivity contribution in [2.45, 2.75) is 50.7 Å². The van der Waals surface area contributed by atoms with Crippen LogP contribution in [0.25, 0.3) is 5.70 Å². The van der Waals surface area contributed by atoms with Gasteiger partial charge < -0.3 is 26.1 Å². The maximum Gasteiger partial charge on any atom is 0.0722 e. The molecule has 0 bridgehead atoms. The van der Waals surface area contributed by atoms with Crippen molar-refractivity contribution in [2.24, 2.45) is 0 Å². The summed E-state index contributed by atoms with van der Waals surface area (Å²) in [7, 11) is 0. The molecule has 2 fully saturated rings. The zero-order chi connectivity index (χ0) is 22.3. The quantitative estimate of drug-likeness (QED) is 0.420. The van der Waals surface area contributed by atoms with Crippen LogP contribution < -0.4 is 16.0 Å². The van der Waals surface area contributed by atoms with Gasteiger partial charge in [0, 0.05) is 55.9 Å². The van der Waals surface area contributed by atoms with Gasteiger partial charge in [-0.05, 0) is 48.9 Å². The van der Waals surface area contributed by atoms with Crippen molar-refractivity contribution in [2.75, 3.05) is 13.2 Å². The van der Waals surface area contributed by atoms with Gasteiger partial charge >= 0.3 is 0 Å². The van der Waals surface area contributed by atoms with Gasteiger partial charge in [-0.2, -0.15) is 0 Å². The molecular weight excluding hydrogens is 396 g/mol. The Morgan fingerprint density at radius 1 is 1.16 bits per heavy atom. The normalized spacial score (nSPS) is 21.1. The first kappa shape index (κ1) is 22.3. The number of aryl methyl sites for hydroxylation is 1. The second-order valence-electron chi connectivity index (χ2n) is 8.84. The Hall–Kier alpha value is -2.89. The molecule has 5 heteroatoms. The Morgan fingerprint density at radius 2 is 1.94 bits per heavy atom. The third kappa shape index (κ3) is 6.09. The number of ether oxygens (including phenoxy) is 1. The monoisotopic (exact) mass is 430 g/mol. The predicted molar refractivity (Wildman–Crippen MR) is 132 cm³/mol. The summed E-state index contributed by atoms with van der Waals surface area (Å²) in [5.41, 5.74) is 6.35. The van der Waals surface area contributed by atoms with Gasteiger partial charge in [0.05, 0.1) is 5.70 Å². The van der Waals surface area contributed by atoms with E-state index in [-0.39, 0.29) is 0 Å². The van der Waals surface area contributed by atoms with Crippen LogP contribution in [0.15, 0.2) is 67.0 Å². The second-order valence-corrected chi connectivity index (χ2v) is 8.84. The molecule has 1 saturated heterocycles. The summed E-state index contributed by atoms with van der Waals surface area (Å²) in [6.45, 7) is 8.75. The van der Waals surface area contributed by atoms with Crippen molar-refractivity contribution in [3.8, 4) is 0 Å². The third-order valence-corrected chi connectivity index (χ3v) is 6.26. The maximum atomic E-state index is 7.74. The molecule has 0 aromatic heterocycles. The van der Waals surface area contributed by atoms with E-state index in [0.717, 1.165) is 37.3 Å². The molecule has 5 nitrogen and oxygen atoms in total. The van der Waals surface area contributed by atoms with Gasteiger partial charge in [0.25, 0.3) is 0 Å². The van der Waals surface area contributed by atoms with Gasteiger partial charge in [0.1, 0.15) is 0 Å². The summed E-state index contributed by atoms with van der Waals surface area (Å²) in [5.74, 6) is 0.569. The molecule has 1 aliphatic heterocycles. The molecule has 2 aliphatic rings. The summed E-state index contributed by atoms with van der Waals surface area (Å²) in [5, 5.41) is 18.1. The lowest BCUT2D eigenvalue weighted by Gasteiger charge is -2.23. The van der Waals surface area contributed by atoms with E-state index in [1.807, 2.05) is 6.20 Å². The van der Waals surface area contributed by atoms with Crippen molar-refractivity contribution < 1.29 is 4.74 Å². The number of allylic oxidation sites excluding steroid dienone is 1. The fraction of sp³-hybridized carbons (Fsp3) is 0.370. The van der Waals surface area contributed by atoms with E-state index >= 15 is 0 Å². The van der Waals surface area contributed by atoms with E-state index < -0.39 is 0 Å². The minimum Gasteiger partial charge on any atom is -0.385 e. The highest BCUT2D eigenvalue weighted by molar-refractivity contribution is 5.79. The number of rotatable bonds is 10. The van der Waals surface area contributed by atoms with Gasteiger partial charge in [-0.25, -0.2) is 0 Å². The van der Waals surface area contributed by atoms with E-state index in [1.54, 1.807) is 0 Å². The summed E-state index contributed by atoms with van der Waals surface area (Å²) in [6.07, 6.45) is 6.55. The lowest BCUT2D eigenvalue weighted by molar-refractivity contribution is 0.0774. The van der Waals surface area contributed by atoms with E-state index in [0.29, 0.717) is 30.2 Å². The van der Waals surface area contributed by atoms with Crippen LogP contribution in [0.3, 0.4) is 0 Å². The van der Waals surface area contributed by atoms with E-state index in [1.165, 1.54) is 29.3 Å². The van der Waals surface area contributed by atoms with Gasteiger partial charge in [0.2, 0.25) is 0 Å². The Labute approximate surface area is 191 Å². The minimum atomic E-state index is 0.567. The fourth-order valence-electron chi connectivity index (χ4n) is 4.22. The van der Waals surface area contributed by atoms with Crippen molar-refractivity contribution in [3.05, 3.63) is 89.3 Å². The summed E-state index contributed by atoms with van der Waals surface area (Å²) in [6, 6.07) is 18.2. The highest BCUT2D eigenvalue weighted by atomic mass is 16.5. The number of hydrogen-bond acceptors (Lipinski definition) is 5. The minimum absolute atomic E-state index is 0.567. The third-order valence-electron chi connectivity index (χ3n) is 6.26. The lowest BCUT2D eigenvalue weighted by atomic mass is 10.0. The van der Waals surface area contributed by atoms with Crippen molar-refractivity contribution >= 4 is 11.9 Å². The molecule has 2 aromatic rings. The molecule has 2 aromatic carbocycles. The van der Waals surface area contributed by atoms with Gasteiger partial charge in [-0.3, -0.25) is 0 Å². The molecule has 4 rings (SSSR count). The topological polar surface area (TPSA) is 69.2 Å². The Bertz CT molecular complexity index is 960. The van der Waals surface area contributed by atoms with Gasteiger partial charge in [-0.1, -0.05) is 54.6 Å². The van der Waals surface area contributed by atoms with Crippen LogP contribution in [0.2, 0.25) is 0 Å². The molecule has 32 heavy (non-hydrogen) atoms. The first-order valence-corrected chi connectivity index (χ1v) is 11.5. The summed E-state index contributed by atoms with van der Waals surface area (Å²) >= 11 is 0. The summed E-state index contributed by atoms with van der Waals surface area (Å²) < 4.78 is 5.47. The van der Waals surface area contributed by atoms with Crippen LogP contribution in [-0.2, 0) is 11.3 Å². The highest BCUT2D eigenvalue weighted by Crippen LogP contribution is 2.42. The summed E-state index contributed by atoms with van der Waals surface area (Å²) in [4.78, 5) is 0. The predicted octanol–water partition coefficient (Wildman–Crippen LogP) is 4.46. The van der Waals surface area contributed by atoms with Crippen molar-refractivity contribution in [3.63, 3.8) is 0 Å². The first-order valence-electron chi connectivity index (χ1n) is 11.5. The first-order chi connectivity index (χ1) is 15.6. The van der Waals surface area contributed by atoms with Crippen LogP contribution in [0, 0.1) is 12.3 Å². The molecule has 2 atom stereocenters. The largest absolute Gasteiger partial charge is 0.385 e. The molecular formula is C27H34N4O. The molecule has 4 N–H and O–H groups in total. The van der Waals surface area contributed by atoms with E-state index in [2.05, 4.69) is 78.0 Å². The van der Waals surface area contributed by atoms with Gasteiger partial charge in [0.15, 0.2) is 0 Å². The average Bonchev–Trinajstić information content (AvgIpc) is 3.59. The van der Waals surface area contributed by atoms with Crippen LogP contribution in [0.5, 0.6) is 0 Å². The van der Waals surface area contributed by atoms with Crippen molar-refractivity contribution in [1.29, 1.82) is 5.41 Å².